The molecular formula is C27H49NO. The van der Waals surface area contributed by atoms with Crippen molar-refractivity contribution >= 4 is 0 Å². The van der Waals surface area contributed by atoms with Gasteiger partial charge in [0, 0.05) is 13.2 Å². The molecule has 0 aliphatic heterocycles. The van der Waals surface area contributed by atoms with Crippen LogP contribution in [0, 0.1) is 46.3 Å². The Balaban J connectivity index is 1.45. The zero-order valence-electron chi connectivity index (χ0n) is 20.3. The van der Waals surface area contributed by atoms with Crippen molar-refractivity contribution in [1.29, 1.82) is 0 Å². The Kier molecular flexibility index (Phi) is 6.45. The number of methoxy groups -OCH3 is 1. The number of hydrogen-bond donors (Lipinski definition) is 1. The molecule has 0 saturated heterocycles. The Labute approximate surface area is 181 Å². The molecule has 29 heavy (non-hydrogen) atoms. The summed E-state index contributed by atoms with van der Waals surface area (Å²) in [6.45, 7) is 13.8. The first-order valence-corrected chi connectivity index (χ1v) is 13.1. The summed E-state index contributed by atoms with van der Waals surface area (Å²) in [7, 11) is 1.93. The van der Waals surface area contributed by atoms with Gasteiger partial charge in [0.05, 0.1) is 6.10 Å². The summed E-state index contributed by atoms with van der Waals surface area (Å²) in [4.78, 5) is 0. The molecule has 2 heteroatoms. The summed E-state index contributed by atoms with van der Waals surface area (Å²) in [6.07, 6.45) is 14.8. The van der Waals surface area contributed by atoms with Crippen molar-refractivity contribution in [2.45, 2.75) is 111 Å². The second-order valence-corrected chi connectivity index (χ2v) is 12.4. The van der Waals surface area contributed by atoms with E-state index in [2.05, 4.69) is 39.9 Å². The minimum Gasteiger partial charge on any atom is -0.381 e. The lowest BCUT2D eigenvalue weighted by Crippen LogP contribution is -2.55. The van der Waals surface area contributed by atoms with Gasteiger partial charge in [0.25, 0.3) is 0 Å². The second-order valence-electron chi connectivity index (χ2n) is 12.4. The summed E-state index contributed by atoms with van der Waals surface area (Å²) in [5.74, 6) is 5.58. The van der Waals surface area contributed by atoms with Crippen molar-refractivity contribution in [3.63, 3.8) is 0 Å². The molecule has 4 saturated carbocycles. The molecule has 0 heterocycles. The maximum absolute atomic E-state index is 5.79. The van der Waals surface area contributed by atoms with Crippen LogP contribution in [0.3, 0.4) is 0 Å². The number of ether oxygens (including phenoxy) is 1. The van der Waals surface area contributed by atoms with E-state index in [9.17, 15) is 0 Å². The predicted molar refractivity (Wildman–Crippen MR) is 123 cm³/mol. The van der Waals surface area contributed by atoms with Crippen molar-refractivity contribution in [2.75, 3.05) is 13.7 Å². The predicted octanol–water partition coefficient (Wildman–Crippen LogP) is 6.68. The highest BCUT2D eigenvalue weighted by atomic mass is 16.5. The van der Waals surface area contributed by atoms with Gasteiger partial charge in [-0.15, -0.1) is 0 Å². The Morgan fingerprint density at radius 2 is 1.62 bits per heavy atom. The molecule has 0 radical (unpaired) electrons. The van der Waals surface area contributed by atoms with E-state index < -0.39 is 0 Å². The minimum absolute atomic E-state index is 0.534. The van der Waals surface area contributed by atoms with E-state index in [1.165, 1.54) is 70.8 Å². The fourth-order valence-electron chi connectivity index (χ4n) is 9.04. The molecule has 0 aromatic heterocycles. The van der Waals surface area contributed by atoms with Crippen molar-refractivity contribution in [3.8, 4) is 0 Å². The van der Waals surface area contributed by atoms with Crippen molar-refractivity contribution < 1.29 is 4.74 Å². The maximum atomic E-state index is 5.79. The summed E-state index contributed by atoms with van der Waals surface area (Å²) in [5.41, 5.74) is 1.18. The lowest BCUT2D eigenvalue weighted by molar-refractivity contribution is -0.131. The Morgan fingerprint density at radius 1 is 0.897 bits per heavy atom. The van der Waals surface area contributed by atoms with E-state index in [0.717, 1.165) is 35.5 Å². The first kappa shape index (κ1) is 22.1. The highest BCUT2D eigenvalue weighted by molar-refractivity contribution is 5.10. The van der Waals surface area contributed by atoms with Crippen LogP contribution in [0.5, 0.6) is 0 Å². The molecule has 1 N–H and O–H groups in total. The van der Waals surface area contributed by atoms with Crippen LogP contribution in [0.15, 0.2) is 0 Å². The van der Waals surface area contributed by atoms with Gasteiger partial charge in [-0.2, -0.15) is 0 Å². The lowest BCUT2D eigenvalue weighted by Gasteiger charge is -2.61. The van der Waals surface area contributed by atoms with Crippen molar-refractivity contribution in [3.05, 3.63) is 0 Å². The summed E-state index contributed by atoms with van der Waals surface area (Å²) >= 11 is 0. The monoisotopic (exact) mass is 403 g/mol. The topological polar surface area (TPSA) is 21.3 Å². The molecule has 4 rings (SSSR count). The largest absolute Gasteiger partial charge is 0.381 e. The number of rotatable bonds is 6. The zero-order chi connectivity index (χ0) is 20.8. The quantitative estimate of drug-likeness (QED) is 0.534. The van der Waals surface area contributed by atoms with Gasteiger partial charge in [-0.25, -0.2) is 0 Å². The van der Waals surface area contributed by atoms with Crippen LogP contribution >= 0.6 is 0 Å². The normalized spacial score (nSPS) is 48.1. The molecule has 0 aromatic rings. The number of nitrogens with one attached hydrogen (secondary N) is 1. The van der Waals surface area contributed by atoms with Crippen LogP contribution in [0.2, 0.25) is 0 Å². The smallest absolute Gasteiger partial charge is 0.0574 e. The van der Waals surface area contributed by atoms with Crippen LogP contribution in [0.1, 0.15) is 98.8 Å². The first-order valence-electron chi connectivity index (χ1n) is 13.1. The van der Waals surface area contributed by atoms with Gasteiger partial charge in [0.2, 0.25) is 0 Å². The molecule has 2 unspecified atom stereocenters. The average molecular weight is 404 g/mol. The van der Waals surface area contributed by atoms with Gasteiger partial charge in [-0.05, 0) is 124 Å². The molecule has 0 amide bonds. The van der Waals surface area contributed by atoms with E-state index in [1.807, 2.05) is 7.11 Å². The third-order valence-electron chi connectivity index (χ3n) is 10.8. The molecule has 4 aliphatic rings. The minimum atomic E-state index is 0.534. The molecule has 0 aromatic carbocycles. The highest BCUT2D eigenvalue weighted by Crippen LogP contribution is 2.67. The molecule has 4 aliphatic carbocycles. The van der Waals surface area contributed by atoms with Crippen LogP contribution in [0.25, 0.3) is 0 Å². The molecule has 168 valence electrons. The number of hydrogen-bond acceptors (Lipinski definition) is 2. The van der Waals surface area contributed by atoms with Gasteiger partial charge in [0.15, 0.2) is 0 Å². The Bertz CT molecular complexity index is 561. The SMILES string of the molecule is CO[C@H]1CC[C@@]2(C)C(CC[C@H]3[C@@H]4CC[C@H](C(C)NCCC(C)C)[C@@]4(C)CC[C@@H]32)C1. The van der Waals surface area contributed by atoms with Crippen molar-refractivity contribution in [1.82, 2.24) is 5.32 Å². The van der Waals surface area contributed by atoms with E-state index in [4.69, 9.17) is 4.74 Å². The molecule has 0 spiro atoms. The molecule has 9 atom stereocenters. The zero-order valence-corrected chi connectivity index (χ0v) is 20.3. The van der Waals surface area contributed by atoms with Gasteiger partial charge >= 0.3 is 0 Å². The van der Waals surface area contributed by atoms with Crippen LogP contribution in [-0.4, -0.2) is 25.8 Å². The first-order chi connectivity index (χ1) is 13.8. The van der Waals surface area contributed by atoms with E-state index in [0.29, 0.717) is 23.0 Å². The highest BCUT2D eigenvalue weighted by Gasteiger charge is 2.60. The fraction of sp³-hybridized carbons (Fsp3) is 1.00. The third-order valence-corrected chi connectivity index (χ3v) is 10.8. The van der Waals surface area contributed by atoms with Gasteiger partial charge in [-0.1, -0.05) is 27.7 Å². The van der Waals surface area contributed by atoms with Crippen LogP contribution in [-0.2, 0) is 4.74 Å². The van der Waals surface area contributed by atoms with Gasteiger partial charge < -0.3 is 10.1 Å². The Hall–Kier alpha value is -0.0800. The molecular weight excluding hydrogens is 354 g/mol. The summed E-state index contributed by atoms with van der Waals surface area (Å²) < 4.78 is 5.79. The standard InChI is InChI=1S/C27H49NO/c1-18(2)13-16-28-19(3)23-9-10-24-22-8-7-20-17-21(29-6)11-14-26(20,4)25(22)12-15-27(23,24)5/h18-25,28H,7-17H2,1-6H3/t19?,20?,21-,22-,23+,24-,25-,26-,27+/m0/s1. The van der Waals surface area contributed by atoms with Gasteiger partial charge in [0.1, 0.15) is 0 Å². The van der Waals surface area contributed by atoms with Crippen LogP contribution in [0.4, 0.5) is 0 Å². The average Bonchev–Trinajstić information content (AvgIpc) is 3.04. The van der Waals surface area contributed by atoms with E-state index >= 15 is 0 Å². The van der Waals surface area contributed by atoms with Crippen molar-refractivity contribution in [2.24, 2.45) is 46.3 Å². The molecule has 4 fully saturated rings. The summed E-state index contributed by atoms with van der Waals surface area (Å²) in [6, 6.07) is 0.685. The van der Waals surface area contributed by atoms with E-state index in [-0.39, 0.29) is 0 Å². The fourth-order valence-corrected chi connectivity index (χ4v) is 9.04. The molecule has 2 nitrogen and oxygen atoms in total. The lowest BCUT2D eigenvalue weighted by atomic mass is 9.44. The maximum Gasteiger partial charge on any atom is 0.0574 e. The van der Waals surface area contributed by atoms with Gasteiger partial charge in [-0.3, -0.25) is 0 Å². The second kappa shape index (κ2) is 8.45. The summed E-state index contributed by atoms with van der Waals surface area (Å²) in [5, 5.41) is 3.94. The Morgan fingerprint density at radius 3 is 2.34 bits per heavy atom. The van der Waals surface area contributed by atoms with Crippen LogP contribution < -0.4 is 5.32 Å². The number of fused-ring (bicyclic) bond motifs is 5. The third kappa shape index (κ3) is 3.84. The van der Waals surface area contributed by atoms with E-state index in [1.54, 1.807) is 0 Å². The molecule has 0 bridgehead atoms.